The van der Waals surface area contributed by atoms with Crippen LogP contribution in [0.4, 0.5) is 0 Å². The van der Waals surface area contributed by atoms with E-state index in [2.05, 4.69) is 0 Å². The van der Waals surface area contributed by atoms with Gasteiger partial charge in [-0.3, -0.25) is 4.79 Å². The summed E-state index contributed by atoms with van der Waals surface area (Å²) in [6, 6.07) is 13.9. The fourth-order valence-corrected chi connectivity index (χ4v) is 4.04. The SMILES string of the molecule is CN(C)S(=O)(=O)c1ccc(Cl)c(C(=O)N2CCOC(c3ccccc3)C2)c1. The minimum atomic E-state index is -3.65. The predicted molar refractivity (Wildman–Crippen MR) is 103 cm³/mol. The molecule has 1 atom stereocenters. The van der Waals surface area contributed by atoms with Gasteiger partial charge in [-0.05, 0) is 23.8 Å². The smallest absolute Gasteiger partial charge is 0.255 e. The lowest BCUT2D eigenvalue weighted by Crippen LogP contribution is -2.42. The summed E-state index contributed by atoms with van der Waals surface area (Å²) in [5.74, 6) is -0.306. The maximum absolute atomic E-state index is 13.0. The highest BCUT2D eigenvalue weighted by Crippen LogP contribution is 2.27. The van der Waals surface area contributed by atoms with Gasteiger partial charge in [0.25, 0.3) is 5.91 Å². The fraction of sp³-hybridized carbons (Fsp3) is 0.316. The zero-order chi connectivity index (χ0) is 19.6. The molecule has 0 spiro atoms. The number of hydrogen-bond donors (Lipinski definition) is 0. The number of sulfonamides is 1. The van der Waals surface area contributed by atoms with E-state index >= 15 is 0 Å². The number of rotatable bonds is 4. The van der Waals surface area contributed by atoms with Crippen LogP contribution in [0.15, 0.2) is 53.4 Å². The Morgan fingerprint density at radius 1 is 1.19 bits per heavy atom. The maximum Gasteiger partial charge on any atom is 0.255 e. The highest BCUT2D eigenvalue weighted by atomic mass is 35.5. The third kappa shape index (κ3) is 4.16. The molecular weight excluding hydrogens is 388 g/mol. The maximum atomic E-state index is 13.0. The van der Waals surface area contributed by atoms with Crippen LogP contribution in [-0.2, 0) is 14.8 Å². The first-order valence-electron chi connectivity index (χ1n) is 8.48. The molecule has 0 aliphatic carbocycles. The second kappa shape index (κ2) is 7.98. The average molecular weight is 409 g/mol. The summed E-state index contributed by atoms with van der Waals surface area (Å²) in [6.07, 6.45) is -0.226. The molecule has 6 nitrogen and oxygen atoms in total. The topological polar surface area (TPSA) is 66.9 Å². The largest absolute Gasteiger partial charge is 0.370 e. The van der Waals surface area contributed by atoms with Gasteiger partial charge in [-0.1, -0.05) is 41.9 Å². The Balaban J connectivity index is 1.87. The van der Waals surface area contributed by atoms with Crippen molar-refractivity contribution in [2.45, 2.75) is 11.0 Å². The zero-order valence-electron chi connectivity index (χ0n) is 15.1. The van der Waals surface area contributed by atoms with Gasteiger partial charge in [0.15, 0.2) is 0 Å². The summed E-state index contributed by atoms with van der Waals surface area (Å²) in [5, 5.41) is 0.223. The Hall–Kier alpha value is -1.93. The number of halogens is 1. The molecule has 1 aliphatic heterocycles. The van der Waals surface area contributed by atoms with Gasteiger partial charge in [0.1, 0.15) is 6.10 Å². The van der Waals surface area contributed by atoms with Crippen molar-refractivity contribution in [3.05, 3.63) is 64.7 Å². The summed E-state index contributed by atoms with van der Waals surface area (Å²) in [5.41, 5.74) is 1.17. The van der Waals surface area contributed by atoms with Crippen LogP contribution in [0, 0.1) is 0 Å². The first kappa shape index (κ1) is 19.8. The molecular formula is C19H21ClN2O4S. The molecule has 8 heteroatoms. The molecule has 2 aromatic rings. The molecule has 27 heavy (non-hydrogen) atoms. The number of carbonyl (C=O) groups excluding carboxylic acids is 1. The third-order valence-corrected chi connectivity index (χ3v) is 6.61. The number of nitrogens with zero attached hydrogens (tertiary/aromatic N) is 2. The number of carbonyl (C=O) groups is 1. The van der Waals surface area contributed by atoms with E-state index in [1.807, 2.05) is 30.3 Å². The Morgan fingerprint density at radius 3 is 2.56 bits per heavy atom. The number of benzene rings is 2. The number of morpholine rings is 1. The fourth-order valence-electron chi connectivity index (χ4n) is 2.91. The molecule has 3 rings (SSSR count). The van der Waals surface area contributed by atoms with Crippen molar-refractivity contribution in [3.8, 4) is 0 Å². The van der Waals surface area contributed by atoms with Gasteiger partial charge in [0.2, 0.25) is 10.0 Å². The molecule has 1 heterocycles. The van der Waals surface area contributed by atoms with E-state index in [9.17, 15) is 13.2 Å². The van der Waals surface area contributed by atoms with Crippen LogP contribution in [0.25, 0.3) is 0 Å². The van der Waals surface area contributed by atoms with Crippen LogP contribution in [0.5, 0.6) is 0 Å². The Bertz CT molecular complexity index is 932. The van der Waals surface area contributed by atoms with E-state index in [-0.39, 0.29) is 27.5 Å². The van der Waals surface area contributed by atoms with Crippen LogP contribution < -0.4 is 0 Å². The van der Waals surface area contributed by atoms with Crippen molar-refractivity contribution in [3.63, 3.8) is 0 Å². The summed E-state index contributed by atoms with van der Waals surface area (Å²) in [7, 11) is -0.770. The molecule has 1 fully saturated rings. The summed E-state index contributed by atoms with van der Waals surface area (Å²) in [6.45, 7) is 1.20. The number of hydrogen-bond acceptors (Lipinski definition) is 4. The van der Waals surface area contributed by atoms with Crippen LogP contribution >= 0.6 is 11.6 Å². The third-order valence-electron chi connectivity index (χ3n) is 4.47. The number of amides is 1. The van der Waals surface area contributed by atoms with E-state index in [1.54, 1.807) is 4.90 Å². The van der Waals surface area contributed by atoms with Crippen molar-refractivity contribution in [2.24, 2.45) is 0 Å². The van der Waals surface area contributed by atoms with Gasteiger partial charge in [0, 0.05) is 20.6 Å². The lowest BCUT2D eigenvalue weighted by atomic mass is 10.1. The Morgan fingerprint density at radius 2 is 1.89 bits per heavy atom. The van der Waals surface area contributed by atoms with Gasteiger partial charge in [-0.2, -0.15) is 0 Å². The first-order chi connectivity index (χ1) is 12.8. The minimum absolute atomic E-state index is 0.0353. The summed E-state index contributed by atoms with van der Waals surface area (Å²) in [4.78, 5) is 14.7. The summed E-state index contributed by atoms with van der Waals surface area (Å²) >= 11 is 6.21. The van der Waals surface area contributed by atoms with Crippen LogP contribution in [0.3, 0.4) is 0 Å². The monoisotopic (exact) mass is 408 g/mol. The van der Waals surface area contributed by atoms with Gasteiger partial charge in [-0.25, -0.2) is 12.7 Å². The molecule has 2 aromatic carbocycles. The lowest BCUT2D eigenvalue weighted by Gasteiger charge is -2.33. The standard InChI is InChI=1S/C19H21ClN2O4S/c1-21(2)27(24,25)15-8-9-17(20)16(12-15)19(23)22-10-11-26-18(13-22)14-6-4-3-5-7-14/h3-9,12,18H,10-11,13H2,1-2H3. The number of ether oxygens (including phenoxy) is 1. The molecule has 0 aromatic heterocycles. The molecule has 0 radical (unpaired) electrons. The molecule has 0 N–H and O–H groups in total. The molecule has 0 bridgehead atoms. The van der Waals surface area contributed by atoms with Gasteiger partial charge in [0.05, 0.1) is 28.6 Å². The highest BCUT2D eigenvalue weighted by molar-refractivity contribution is 7.89. The molecule has 0 saturated carbocycles. The van der Waals surface area contributed by atoms with E-state index in [0.717, 1.165) is 9.87 Å². The molecule has 1 amide bonds. The van der Waals surface area contributed by atoms with Crippen molar-refractivity contribution < 1.29 is 17.9 Å². The second-order valence-electron chi connectivity index (χ2n) is 6.45. The minimum Gasteiger partial charge on any atom is -0.370 e. The van der Waals surface area contributed by atoms with Crippen LogP contribution in [0.2, 0.25) is 5.02 Å². The van der Waals surface area contributed by atoms with Gasteiger partial charge < -0.3 is 9.64 Å². The quantitative estimate of drug-likeness (QED) is 0.780. The summed E-state index contributed by atoms with van der Waals surface area (Å²) < 4.78 is 31.6. The van der Waals surface area contributed by atoms with Crippen LogP contribution in [0.1, 0.15) is 22.0 Å². The predicted octanol–water partition coefficient (Wildman–Crippen LogP) is 2.80. The van der Waals surface area contributed by atoms with Gasteiger partial charge in [-0.15, -0.1) is 0 Å². The van der Waals surface area contributed by atoms with E-state index in [1.165, 1.54) is 32.3 Å². The van der Waals surface area contributed by atoms with Crippen molar-refractivity contribution >= 4 is 27.5 Å². The van der Waals surface area contributed by atoms with Gasteiger partial charge >= 0.3 is 0 Å². The van der Waals surface area contributed by atoms with E-state index < -0.39 is 10.0 Å². The van der Waals surface area contributed by atoms with Crippen LogP contribution in [-0.4, -0.2) is 57.3 Å². The molecule has 144 valence electrons. The van der Waals surface area contributed by atoms with Crippen molar-refractivity contribution in [2.75, 3.05) is 33.8 Å². The highest BCUT2D eigenvalue weighted by Gasteiger charge is 2.28. The van der Waals surface area contributed by atoms with E-state index in [4.69, 9.17) is 16.3 Å². The zero-order valence-corrected chi connectivity index (χ0v) is 16.7. The van der Waals surface area contributed by atoms with Crippen molar-refractivity contribution in [1.82, 2.24) is 9.21 Å². The van der Waals surface area contributed by atoms with Crippen molar-refractivity contribution in [1.29, 1.82) is 0 Å². The Labute approximate surface area is 164 Å². The molecule has 1 unspecified atom stereocenters. The molecule has 1 aliphatic rings. The Kier molecular flexibility index (Phi) is 5.86. The average Bonchev–Trinajstić information content (AvgIpc) is 2.68. The lowest BCUT2D eigenvalue weighted by molar-refractivity contribution is -0.0228. The normalized spacial score (nSPS) is 17.9. The van der Waals surface area contributed by atoms with E-state index in [0.29, 0.717) is 19.7 Å². The first-order valence-corrected chi connectivity index (χ1v) is 10.3. The molecule has 1 saturated heterocycles. The second-order valence-corrected chi connectivity index (χ2v) is 9.01.